The maximum Gasteiger partial charge on any atom is 0.336 e. The number of benzene rings is 3. The summed E-state index contributed by atoms with van der Waals surface area (Å²) >= 11 is 0. The predicted octanol–water partition coefficient (Wildman–Crippen LogP) is 3.41. The summed E-state index contributed by atoms with van der Waals surface area (Å²) in [5.74, 6) is -1.44. The van der Waals surface area contributed by atoms with E-state index in [-0.39, 0.29) is 11.1 Å². The van der Waals surface area contributed by atoms with Crippen LogP contribution < -0.4 is 15.5 Å². The van der Waals surface area contributed by atoms with Gasteiger partial charge in [-0.15, -0.1) is 0 Å². The Labute approximate surface area is 178 Å². The molecule has 0 unspecified atom stereocenters. The van der Waals surface area contributed by atoms with Gasteiger partial charge < -0.3 is 15.2 Å². The van der Waals surface area contributed by atoms with Gasteiger partial charge in [0.15, 0.2) is 0 Å². The van der Waals surface area contributed by atoms with Gasteiger partial charge in [0, 0.05) is 11.3 Å². The molecule has 8 nitrogen and oxygen atoms in total. The highest BCUT2D eigenvalue weighted by atomic mass is 16.5. The Hall–Kier alpha value is -4.46. The van der Waals surface area contributed by atoms with Crippen molar-refractivity contribution in [3.05, 3.63) is 95.1 Å². The smallest absolute Gasteiger partial charge is 0.336 e. The first-order valence-electron chi connectivity index (χ1n) is 9.19. The summed E-state index contributed by atoms with van der Waals surface area (Å²) in [6.45, 7) is 0. The Kier molecular flexibility index (Phi) is 6.74. The molecule has 0 aliphatic rings. The number of nitrogens with one attached hydrogen (secondary N) is 2. The maximum absolute atomic E-state index is 12.4. The number of hydrogen-bond donors (Lipinski definition) is 3. The third kappa shape index (κ3) is 5.54. The summed E-state index contributed by atoms with van der Waals surface area (Å²) < 4.78 is 5.08. The molecule has 3 N–H and O–H groups in total. The first kappa shape index (κ1) is 21.3. The minimum atomic E-state index is -1.19. The van der Waals surface area contributed by atoms with Crippen molar-refractivity contribution in [2.75, 3.05) is 12.4 Å². The van der Waals surface area contributed by atoms with Gasteiger partial charge >= 0.3 is 5.97 Å². The number of ether oxygens (including phenoxy) is 1. The van der Waals surface area contributed by atoms with Crippen LogP contribution in [0.25, 0.3) is 0 Å². The Morgan fingerprint density at radius 3 is 2.13 bits per heavy atom. The molecule has 156 valence electrons. The average molecular weight is 417 g/mol. The van der Waals surface area contributed by atoms with Crippen LogP contribution in [0.15, 0.2) is 77.9 Å². The van der Waals surface area contributed by atoms with Crippen molar-refractivity contribution in [3.63, 3.8) is 0 Å². The predicted molar refractivity (Wildman–Crippen MR) is 116 cm³/mol. The zero-order valence-corrected chi connectivity index (χ0v) is 16.5. The maximum atomic E-state index is 12.4. The van der Waals surface area contributed by atoms with Crippen molar-refractivity contribution in [2.45, 2.75) is 0 Å². The van der Waals surface area contributed by atoms with E-state index in [1.54, 1.807) is 55.6 Å². The molecule has 0 spiro atoms. The van der Waals surface area contributed by atoms with Crippen LogP contribution in [-0.4, -0.2) is 36.2 Å². The number of rotatable bonds is 7. The second-order valence-electron chi connectivity index (χ2n) is 6.35. The number of methoxy groups -OCH3 is 1. The van der Waals surface area contributed by atoms with Crippen LogP contribution in [0.4, 0.5) is 5.69 Å². The molecule has 31 heavy (non-hydrogen) atoms. The van der Waals surface area contributed by atoms with E-state index in [0.717, 1.165) is 11.3 Å². The van der Waals surface area contributed by atoms with E-state index in [1.807, 2.05) is 0 Å². The lowest BCUT2D eigenvalue weighted by molar-refractivity contribution is 0.0692. The van der Waals surface area contributed by atoms with Crippen molar-refractivity contribution >= 4 is 29.7 Å². The van der Waals surface area contributed by atoms with Crippen molar-refractivity contribution in [3.8, 4) is 5.75 Å². The molecule has 0 atom stereocenters. The summed E-state index contributed by atoms with van der Waals surface area (Å²) in [5, 5.41) is 15.7. The minimum Gasteiger partial charge on any atom is -0.497 e. The highest BCUT2D eigenvalue weighted by Gasteiger charge is 2.16. The normalized spacial score (nSPS) is 10.5. The van der Waals surface area contributed by atoms with Gasteiger partial charge in [0.25, 0.3) is 11.8 Å². The van der Waals surface area contributed by atoms with Gasteiger partial charge in [-0.1, -0.05) is 12.1 Å². The van der Waals surface area contributed by atoms with Crippen molar-refractivity contribution < 1.29 is 24.2 Å². The van der Waals surface area contributed by atoms with Crippen LogP contribution in [0.5, 0.6) is 5.75 Å². The lowest BCUT2D eigenvalue weighted by Gasteiger charge is -2.08. The molecule has 0 saturated carbocycles. The molecule has 3 aromatic carbocycles. The van der Waals surface area contributed by atoms with E-state index in [9.17, 15) is 19.5 Å². The number of hydrazone groups is 1. The van der Waals surface area contributed by atoms with Crippen molar-refractivity contribution in [1.29, 1.82) is 0 Å². The van der Waals surface area contributed by atoms with Gasteiger partial charge in [0.2, 0.25) is 0 Å². The molecule has 0 bridgehead atoms. The SMILES string of the molecule is COc1ccc(/C=N/NC(=O)c2ccc(NC(=O)c3ccccc3C(=O)O)cc2)cc1. The number of carbonyl (C=O) groups is 3. The van der Waals surface area contributed by atoms with Gasteiger partial charge in [-0.05, 0) is 66.2 Å². The zero-order valence-electron chi connectivity index (χ0n) is 16.5. The quantitative estimate of drug-likeness (QED) is 0.402. The van der Waals surface area contributed by atoms with Crippen LogP contribution in [0.2, 0.25) is 0 Å². The summed E-state index contributed by atoms with van der Waals surface area (Å²) in [4.78, 5) is 35.9. The van der Waals surface area contributed by atoms with E-state index in [1.165, 1.54) is 30.5 Å². The van der Waals surface area contributed by atoms with Crippen LogP contribution in [-0.2, 0) is 0 Å². The van der Waals surface area contributed by atoms with Crippen molar-refractivity contribution in [1.82, 2.24) is 5.43 Å². The Morgan fingerprint density at radius 2 is 1.52 bits per heavy atom. The molecular weight excluding hydrogens is 398 g/mol. The molecule has 0 fully saturated rings. The molecule has 0 aromatic heterocycles. The summed E-state index contributed by atoms with van der Waals surface area (Å²) in [7, 11) is 1.58. The molecule has 0 aliphatic heterocycles. The van der Waals surface area contributed by atoms with Crippen LogP contribution in [0, 0.1) is 0 Å². The van der Waals surface area contributed by atoms with Gasteiger partial charge in [0.05, 0.1) is 24.5 Å². The third-order valence-corrected chi connectivity index (χ3v) is 4.30. The highest BCUT2D eigenvalue weighted by molar-refractivity contribution is 6.10. The molecule has 3 aromatic rings. The summed E-state index contributed by atoms with van der Waals surface area (Å²) in [6, 6.07) is 19.2. The Morgan fingerprint density at radius 1 is 0.871 bits per heavy atom. The fourth-order valence-electron chi connectivity index (χ4n) is 2.69. The standard InChI is InChI=1S/C23H19N3O5/c1-31-18-12-6-15(7-13-18)14-24-26-21(27)16-8-10-17(11-9-16)25-22(28)19-4-2-3-5-20(19)23(29)30/h2-14H,1H3,(H,25,28)(H,26,27)(H,29,30)/b24-14+. The van der Waals surface area contributed by atoms with Crippen molar-refractivity contribution in [2.24, 2.45) is 5.10 Å². The van der Waals surface area contributed by atoms with Gasteiger partial charge in [-0.2, -0.15) is 5.10 Å². The number of amides is 2. The average Bonchev–Trinajstić information content (AvgIpc) is 2.80. The number of carboxylic acids is 1. The number of aromatic carboxylic acids is 1. The largest absolute Gasteiger partial charge is 0.497 e. The molecule has 2 amide bonds. The fraction of sp³-hybridized carbons (Fsp3) is 0.0435. The molecule has 0 saturated heterocycles. The lowest BCUT2D eigenvalue weighted by atomic mass is 10.1. The van der Waals surface area contributed by atoms with Crippen LogP contribution in [0.3, 0.4) is 0 Å². The van der Waals surface area contributed by atoms with Gasteiger partial charge in [-0.3, -0.25) is 9.59 Å². The molecule has 0 aliphatic carbocycles. The minimum absolute atomic E-state index is 0.0460. The van der Waals surface area contributed by atoms with E-state index in [0.29, 0.717) is 11.3 Å². The monoisotopic (exact) mass is 417 g/mol. The highest BCUT2D eigenvalue weighted by Crippen LogP contribution is 2.14. The first-order chi connectivity index (χ1) is 15.0. The second kappa shape index (κ2) is 9.84. The number of carboxylic acid groups (broad SMARTS) is 1. The number of hydrogen-bond acceptors (Lipinski definition) is 5. The van der Waals surface area contributed by atoms with Crippen LogP contribution >= 0.6 is 0 Å². The first-order valence-corrected chi connectivity index (χ1v) is 9.19. The molecular formula is C23H19N3O5. The number of anilines is 1. The molecule has 3 rings (SSSR count). The van der Waals surface area contributed by atoms with E-state index < -0.39 is 17.8 Å². The molecule has 0 heterocycles. The Bertz CT molecular complexity index is 1120. The molecule has 8 heteroatoms. The van der Waals surface area contributed by atoms with Crippen LogP contribution in [0.1, 0.15) is 36.6 Å². The lowest BCUT2D eigenvalue weighted by Crippen LogP contribution is -2.18. The Balaban J connectivity index is 1.60. The summed E-state index contributed by atoms with van der Waals surface area (Å²) in [6.07, 6.45) is 1.51. The van der Waals surface area contributed by atoms with E-state index in [2.05, 4.69) is 15.8 Å². The fourth-order valence-corrected chi connectivity index (χ4v) is 2.69. The second-order valence-corrected chi connectivity index (χ2v) is 6.35. The third-order valence-electron chi connectivity index (χ3n) is 4.30. The molecule has 0 radical (unpaired) electrons. The van der Waals surface area contributed by atoms with E-state index >= 15 is 0 Å². The zero-order chi connectivity index (χ0) is 22.2. The number of nitrogens with zero attached hydrogens (tertiary/aromatic N) is 1. The van der Waals surface area contributed by atoms with Gasteiger partial charge in [0.1, 0.15) is 5.75 Å². The topological polar surface area (TPSA) is 117 Å². The number of carbonyl (C=O) groups excluding carboxylic acids is 2. The van der Waals surface area contributed by atoms with Gasteiger partial charge in [-0.25, -0.2) is 10.2 Å². The summed E-state index contributed by atoms with van der Waals surface area (Å²) in [5.41, 5.74) is 3.94. The van der Waals surface area contributed by atoms with E-state index in [4.69, 9.17) is 4.74 Å².